The van der Waals surface area contributed by atoms with Gasteiger partial charge in [-0.3, -0.25) is 4.79 Å². The number of hydrogen-bond donors (Lipinski definition) is 2. The number of carbonyl (C=O) groups excluding carboxylic acids is 1. The van der Waals surface area contributed by atoms with Crippen LogP contribution in [0.1, 0.15) is 29.3 Å². The fourth-order valence-corrected chi connectivity index (χ4v) is 2.82. The third kappa shape index (κ3) is 3.89. The van der Waals surface area contributed by atoms with Gasteiger partial charge < -0.3 is 10.6 Å². The molecule has 1 fully saturated rings. The first-order valence-electron chi connectivity index (χ1n) is 7.62. The van der Waals surface area contributed by atoms with Crippen molar-refractivity contribution in [3.05, 3.63) is 42.0 Å². The first-order chi connectivity index (χ1) is 10.6. The van der Waals surface area contributed by atoms with E-state index >= 15 is 0 Å². The fraction of sp³-hybridized carbons (Fsp3) is 0.438. The SMILES string of the molecule is Cc1cc(C(=O)NC2CNCCC2C)ccc1-n1cncn1.Cl. The van der Waals surface area contributed by atoms with Gasteiger partial charge in [-0.25, -0.2) is 9.67 Å². The summed E-state index contributed by atoms with van der Waals surface area (Å²) in [5, 5.41) is 10.6. The van der Waals surface area contributed by atoms with Gasteiger partial charge in [0, 0.05) is 18.2 Å². The van der Waals surface area contributed by atoms with Crippen molar-refractivity contribution >= 4 is 18.3 Å². The summed E-state index contributed by atoms with van der Waals surface area (Å²) >= 11 is 0. The van der Waals surface area contributed by atoms with Crippen LogP contribution in [0.3, 0.4) is 0 Å². The second-order valence-corrected chi connectivity index (χ2v) is 5.89. The van der Waals surface area contributed by atoms with Crippen molar-refractivity contribution in [3.8, 4) is 5.69 Å². The lowest BCUT2D eigenvalue weighted by Gasteiger charge is -2.30. The van der Waals surface area contributed by atoms with Gasteiger partial charge in [-0.15, -0.1) is 12.4 Å². The van der Waals surface area contributed by atoms with Crippen LogP contribution in [0.5, 0.6) is 0 Å². The van der Waals surface area contributed by atoms with Crippen LogP contribution in [0.2, 0.25) is 0 Å². The highest BCUT2D eigenvalue weighted by molar-refractivity contribution is 5.94. The summed E-state index contributed by atoms with van der Waals surface area (Å²) in [4.78, 5) is 16.4. The number of nitrogens with zero attached hydrogens (tertiary/aromatic N) is 3. The Morgan fingerprint density at radius 1 is 1.43 bits per heavy atom. The van der Waals surface area contributed by atoms with E-state index in [-0.39, 0.29) is 24.4 Å². The molecule has 1 aromatic carbocycles. The molecule has 0 radical (unpaired) electrons. The number of nitrogens with one attached hydrogen (secondary N) is 2. The maximum atomic E-state index is 12.4. The summed E-state index contributed by atoms with van der Waals surface area (Å²) in [7, 11) is 0. The van der Waals surface area contributed by atoms with E-state index in [4.69, 9.17) is 0 Å². The van der Waals surface area contributed by atoms with Gasteiger partial charge in [0.25, 0.3) is 5.91 Å². The van der Waals surface area contributed by atoms with Gasteiger partial charge in [0.15, 0.2) is 0 Å². The predicted octanol–water partition coefficient (Wildman–Crippen LogP) is 1.73. The number of halogens is 1. The van der Waals surface area contributed by atoms with E-state index < -0.39 is 0 Å². The maximum absolute atomic E-state index is 12.4. The smallest absolute Gasteiger partial charge is 0.251 e. The topological polar surface area (TPSA) is 71.8 Å². The molecule has 6 nitrogen and oxygen atoms in total. The number of amides is 1. The largest absolute Gasteiger partial charge is 0.348 e. The molecule has 0 aliphatic carbocycles. The van der Waals surface area contributed by atoms with Gasteiger partial charge in [-0.2, -0.15) is 5.10 Å². The Balaban J connectivity index is 0.00000192. The van der Waals surface area contributed by atoms with Crippen molar-refractivity contribution in [2.75, 3.05) is 13.1 Å². The minimum atomic E-state index is -0.0196. The van der Waals surface area contributed by atoms with Crippen LogP contribution in [0.4, 0.5) is 0 Å². The van der Waals surface area contributed by atoms with E-state index in [2.05, 4.69) is 27.6 Å². The van der Waals surface area contributed by atoms with Crippen LogP contribution in [0.25, 0.3) is 5.69 Å². The molecule has 2 N–H and O–H groups in total. The molecule has 1 aromatic heterocycles. The molecule has 124 valence electrons. The van der Waals surface area contributed by atoms with Gasteiger partial charge in [0.05, 0.1) is 5.69 Å². The molecular weight excluding hydrogens is 314 g/mol. The van der Waals surface area contributed by atoms with Crippen LogP contribution >= 0.6 is 12.4 Å². The molecule has 3 rings (SSSR count). The van der Waals surface area contributed by atoms with E-state index in [1.165, 1.54) is 6.33 Å². The summed E-state index contributed by atoms with van der Waals surface area (Å²) < 4.78 is 1.70. The van der Waals surface area contributed by atoms with Crippen molar-refractivity contribution in [1.29, 1.82) is 0 Å². The standard InChI is InChI=1S/C16H21N5O.ClH/c1-11-5-6-17-8-14(11)20-16(22)13-3-4-15(12(2)7-13)21-10-18-9-19-21;/h3-4,7,9-11,14,17H,5-6,8H2,1-2H3,(H,20,22);1H. The second-order valence-electron chi connectivity index (χ2n) is 5.89. The maximum Gasteiger partial charge on any atom is 0.251 e. The lowest BCUT2D eigenvalue weighted by molar-refractivity contribution is 0.0915. The quantitative estimate of drug-likeness (QED) is 0.896. The molecule has 1 amide bonds. The molecule has 2 aromatic rings. The lowest BCUT2D eigenvalue weighted by Crippen LogP contribution is -2.50. The summed E-state index contributed by atoms with van der Waals surface area (Å²) in [6.07, 6.45) is 4.24. The zero-order valence-corrected chi connectivity index (χ0v) is 14.1. The van der Waals surface area contributed by atoms with Crippen molar-refractivity contribution in [1.82, 2.24) is 25.4 Å². The summed E-state index contributed by atoms with van der Waals surface area (Å²) in [5.41, 5.74) is 2.61. The molecule has 2 unspecified atom stereocenters. The van der Waals surface area contributed by atoms with Crippen LogP contribution in [0.15, 0.2) is 30.9 Å². The Hall–Kier alpha value is -1.92. The summed E-state index contributed by atoms with van der Waals surface area (Å²) in [6, 6.07) is 5.83. The zero-order chi connectivity index (χ0) is 15.5. The predicted molar refractivity (Wildman–Crippen MR) is 91.2 cm³/mol. The number of carbonyl (C=O) groups is 1. The molecule has 1 aliphatic rings. The first kappa shape index (κ1) is 17.4. The van der Waals surface area contributed by atoms with Gasteiger partial charge in [-0.05, 0) is 49.6 Å². The van der Waals surface area contributed by atoms with Crippen LogP contribution in [-0.2, 0) is 0 Å². The van der Waals surface area contributed by atoms with Crippen LogP contribution < -0.4 is 10.6 Å². The molecule has 1 saturated heterocycles. The van der Waals surface area contributed by atoms with E-state index in [0.717, 1.165) is 30.8 Å². The second kappa shape index (κ2) is 7.57. The van der Waals surface area contributed by atoms with Gasteiger partial charge >= 0.3 is 0 Å². The van der Waals surface area contributed by atoms with Gasteiger partial charge in [0.2, 0.25) is 0 Å². The molecule has 0 bridgehead atoms. The molecule has 0 saturated carbocycles. The average molecular weight is 336 g/mol. The van der Waals surface area contributed by atoms with Crippen molar-refractivity contribution in [3.63, 3.8) is 0 Å². The van der Waals surface area contributed by atoms with E-state index in [9.17, 15) is 4.79 Å². The van der Waals surface area contributed by atoms with Gasteiger partial charge in [0.1, 0.15) is 12.7 Å². The number of benzene rings is 1. The molecule has 23 heavy (non-hydrogen) atoms. The Kier molecular flexibility index (Phi) is 5.74. The Labute approximate surface area is 142 Å². The Bertz CT molecular complexity index is 658. The first-order valence-corrected chi connectivity index (χ1v) is 7.62. The summed E-state index contributed by atoms with van der Waals surface area (Å²) in [6.45, 7) is 6.02. The zero-order valence-electron chi connectivity index (χ0n) is 13.3. The molecule has 2 heterocycles. The number of aromatic nitrogens is 3. The molecule has 2 atom stereocenters. The molecule has 1 aliphatic heterocycles. The van der Waals surface area contributed by atoms with Crippen LogP contribution in [-0.4, -0.2) is 39.8 Å². The van der Waals surface area contributed by atoms with E-state index in [0.29, 0.717) is 11.5 Å². The Morgan fingerprint density at radius 3 is 2.91 bits per heavy atom. The normalized spacial score (nSPS) is 20.6. The third-order valence-electron chi connectivity index (χ3n) is 4.27. The van der Waals surface area contributed by atoms with Crippen LogP contribution in [0, 0.1) is 12.8 Å². The minimum Gasteiger partial charge on any atom is -0.348 e. The van der Waals surface area contributed by atoms with Crippen molar-refractivity contribution in [2.45, 2.75) is 26.3 Å². The highest BCUT2D eigenvalue weighted by Crippen LogP contribution is 2.16. The van der Waals surface area contributed by atoms with Crippen molar-refractivity contribution < 1.29 is 4.79 Å². The molecule has 0 spiro atoms. The minimum absolute atomic E-state index is 0. The van der Waals surface area contributed by atoms with Gasteiger partial charge in [-0.1, -0.05) is 6.92 Å². The molecular formula is C16H22ClN5O. The molecule has 7 heteroatoms. The lowest BCUT2D eigenvalue weighted by atomic mass is 9.94. The number of rotatable bonds is 3. The fourth-order valence-electron chi connectivity index (χ4n) is 2.82. The van der Waals surface area contributed by atoms with E-state index in [1.807, 2.05) is 25.1 Å². The highest BCUT2D eigenvalue weighted by atomic mass is 35.5. The number of hydrogen-bond acceptors (Lipinski definition) is 4. The third-order valence-corrected chi connectivity index (χ3v) is 4.27. The number of aryl methyl sites for hydroxylation is 1. The Morgan fingerprint density at radius 2 is 2.26 bits per heavy atom. The van der Waals surface area contributed by atoms with E-state index in [1.54, 1.807) is 11.0 Å². The highest BCUT2D eigenvalue weighted by Gasteiger charge is 2.23. The number of piperidine rings is 1. The monoisotopic (exact) mass is 335 g/mol. The van der Waals surface area contributed by atoms with Crippen molar-refractivity contribution in [2.24, 2.45) is 5.92 Å². The summed E-state index contributed by atoms with van der Waals surface area (Å²) in [5.74, 6) is 0.481. The average Bonchev–Trinajstić information content (AvgIpc) is 3.03.